The van der Waals surface area contributed by atoms with Crippen molar-refractivity contribution in [2.24, 2.45) is 0 Å². The van der Waals surface area contributed by atoms with Crippen molar-refractivity contribution in [3.05, 3.63) is 42.1 Å². The number of nitrogens with one attached hydrogen (secondary N) is 2. The van der Waals surface area contributed by atoms with Gasteiger partial charge in [0.15, 0.2) is 5.82 Å². The highest BCUT2D eigenvalue weighted by Gasteiger charge is 2.13. The Morgan fingerprint density at radius 3 is 2.85 bits per heavy atom. The Labute approximate surface area is 153 Å². The molecule has 0 radical (unpaired) electrons. The molecule has 0 atom stereocenters. The zero-order valence-electron chi connectivity index (χ0n) is 15.1. The average molecular weight is 355 g/mol. The Morgan fingerprint density at radius 2 is 2.04 bits per heavy atom. The van der Waals surface area contributed by atoms with Crippen LogP contribution in [0.3, 0.4) is 0 Å². The van der Waals surface area contributed by atoms with Crippen LogP contribution >= 0.6 is 0 Å². The molecule has 2 aromatic rings. The summed E-state index contributed by atoms with van der Waals surface area (Å²) in [6.45, 7) is 3.26. The number of carbonyl (C=O) groups is 1. The highest BCUT2D eigenvalue weighted by Crippen LogP contribution is 2.20. The number of ether oxygens (including phenoxy) is 1. The number of hydrogen-bond donors (Lipinski definition) is 2. The first-order valence-corrected chi connectivity index (χ1v) is 8.96. The van der Waals surface area contributed by atoms with E-state index in [0.29, 0.717) is 19.5 Å². The maximum Gasteiger partial charge on any atom is 0.224 e. The number of nitrogens with zero attached hydrogens (tertiary/aromatic N) is 3. The molecule has 0 bridgehead atoms. The topological polar surface area (TPSA) is 79.4 Å². The van der Waals surface area contributed by atoms with Crippen LogP contribution in [0.15, 0.2) is 36.5 Å². The third-order valence-electron chi connectivity index (χ3n) is 4.41. The largest absolute Gasteiger partial charge is 0.496 e. The SMILES string of the molecule is COc1ccccc1CC(=O)NCCNc1cc(N2CCCC2)cnn1. The zero-order valence-corrected chi connectivity index (χ0v) is 15.1. The van der Waals surface area contributed by atoms with Gasteiger partial charge in [-0.2, -0.15) is 5.10 Å². The third kappa shape index (κ3) is 4.84. The van der Waals surface area contributed by atoms with Crippen molar-refractivity contribution in [2.45, 2.75) is 19.3 Å². The number of carbonyl (C=O) groups excluding carboxylic acids is 1. The molecular weight excluding hydrogens is 330 g/mol. The van der Waals surface area contributed by atoms with E-state index in [-0.39, 0.29) is 5.91 Å². The molecule has 7 heteroatoms. The van der Waals surface area contributed by atoms with Crippen LogP contribution in [0.2, 0.25) is 0 Å². The average Bonchev–Trinajstić information content (AvgIpc) is 3.21. The Balaban J connectivity index is 1.42. The van der Waals surface area contributed by atoms with Gasteiger partial charge in [0.05, 0.1) is 25.4 Å². The summed E-state index contributed by atoms with van der Waals surface area (Å²) in [4.78, 5) is 14.4. The molecule has 2 N–H and O–H groups in total. The molecular formula is C19H25N5O2. The molecule has 0 aliphatic carbocycles. The van der Waals surface area contributed by atoms with Crippen LogP contribution in [0.4, 0.5) is 11.5 Å². The second kappa shape index (κ2) is 9.03. The van der Waals surface area contributed by atoms with E-state index in [1.807, 2.05) is 30.3 Å². The number of methoxy groups -OCH3 is 1. The van der Waals surface area contributed by atoms with E-state index in [2.05, 4.69) is 25.7 Å². The first-order valence-electron chi connectivity index (χ1n) is 8.96. The van der Waals surface area contributed by atoms with E-state index in [0.717, 1.165) is 35.9 Å². The van der Waals surface area contributed by atoms with E-state index in [1.165, 1.54) is 12.8 Å². The molecule has 26 heavy (non-hydrogen) atoms. The number of para-hydroxylation sites is 1. The highest BCUT2D eigenvalue weighted by molar-refractivity contribution is 5.79. The van der Waals surface area contributed by atoms with Crippen molar-refractivity contribution in [3.8, 4) is 5.75 Å². The van der Waals surface area contributed by atoms with Gasteiger partial charge in [-0.15, -0.1) is 5.10 Å². The Bertz CT molecular complexity index is 731. The molecule has 2 heterocycles. The number of rotatable bonds is 8. The minimum absolute atomic E-state index is 0.0341. The molecule has 0 saturated carbocycles. The number of anilines is 2. The third-order valence-corrected chi connectivity index (χ3v) is 4.41. The lowest BCUT2D eigenvalue weighted by atomic mass is 10.1. The summed E-state index contributed by atoms with van der Waals surface area (Å²) in [5.74, 6) is 1.43. The molecule has 1 saturated heterocycles. The molecule has 138 valence electrons. The normalized spacial score (nSPS) is 13.5. The molecule has 1 fully saturated rings. The van der Waals surface area contributed by atoms with Gasteiger partial charge >= 0.3 is 0 Å². The van der Waals surface area contributed by atoms with Gasteiger partial charge in [0.1, 0.15) is 5.75 Å². The second-order valence-corrected chi connectivity index (χ2v) is 6.26. The van der Waals surface area contributed by atoms with Crippen LogP contribution in [0.1, 0.15) is 18.4 Å². The van der Waals surface area contributed by atoms with Gasteiger partial charge in [0.2, 0.25) is 5.91 Å². The van der Waals surface area contributed by atoms with E-state index in [9.17, 15) is 4.79 Å². The standard InChI is InChI=1S/C19H25N5O2/c1-26-17-7-3-2-6-15(17)12-19(25)21-9-8-20-18-13-16(14-22-23-18)24-10-4-5-11-24/h2-3,6-7,13-14H,4-5,8-12H2,1H3,(H,20,23)(H,21,25). The molecule has 0 unspecified atom stereocenters. The molecule has 1 aromatic carbocycles. The van der Waals surface area contributed by atoms with Crippen LogP contribution in [0.5, 0.6) is 5.75 Å². The van der Waals surface area contributed by atoms with Crippen molar-refractivity contribution in [3.63, 3.8) is 0 Å². The van der Waals surface area contributed by atoms with Crippen LogP contribution < -0.4 is 20.3 Å². The van der Waals surface area contributed by atoms with E-state index in [4.69, 9.17) is 4.74 Å². The Morgan fingerprint density at radius 1 is 1.23 bits per heavy atom. The summed E-state index contributed by atoms with van der Waals surface area (Å²) in [6, 6.07) is 9.56. The van der Waals surface area contributed by atoms with Crippen molar-refractivity contribution in [1.29, 1.82) is 0 Å². The molecule has 7 nitrogen and oxygen atoms in total. The van der Waals surface area contributed by atoms with Crippen molar-refractivity contribution in [1.82, 2.24) is 15.5 Å². The molecule has 3 rings (SSSR count). The number of hydrogen-bond acceptors (Lipinski definition) is 6. The first-order chi connectivity index (χ1) is 12.8. The lowest BCUT2D eigenvalue weighted by Gasteiger charge is -2.17. The lowest BCUT2D eigenvalue weighted by Crippen LogP contribution is -2.30. The Hall–Kier alpha value is -2.83. The van der Waals surface area contributed by atoms with Gasteiger partial charge < -0.3 is 20.3 Å². The fourth-order valence-corrected chi connectivity index (χ4v) is 3.07. The number of aromatic nitrogens is 2. The van der Waals surface area contributed by atoms with Gasteiger partial charge in [0.25, 0.3) is 0 Å². The highest BCUT2D eigenvalue weighted by atomic mass is 16.5. The minimum atomic E-state index is -0.0341. The fourth-order valence-electron chi connectivity index (χ4n) is 3.07. The molecule has 1 aliphatic rings. The van der Waals surface area contributed by atoms with Gasteiger partial charge in [-0.25, -0.2) is 0 Å². The monoisotopic (exact) mass is 355 g/mol. The molecule has 1 aromatic heterocycles. The maximum atomic E-state index is 12.1. The van der Waals surface area contributed by atoms with E-state index in [1.54, 1.807) is 13.3 Å². The predicted molar refractivity (Wildman–Crippen MR) is 102 cm³/mol. The molecule has 1 amide bonds. The van der Waals surface area contributed by atoms with Crippen molar-refractivity contribution in [2.75, 3.05) is 43.5 Å². The van der Waals surface area contributed by atoms with Gasteiger partial charge in [0, 0.05) is 37.8 Å². The first kappa shape index (κ1) is 18.0. The maximum absolute atomic E-state index is 12.1. The van der Waals surface area contributed by atoms with Crippen LogP contribution in [0, 0.1) is 0 Å². The minimum Gasteiger partial charge on any atom is -0.496 e. The summed E-state index contributed by atoms with van der Waals surface area (Å²) < 4.78 is 5.27. The number of benzene rings is 1. The molecule has 0 spiro atoms. The lowest BCUT2D eigenvalue weighted by molar-refractivity contribution is -0.120. The van der Waals surface area contributed by atoms with Gasteiger partial charge in [-0.3, -0.25) is 4.79 Å². The summed E-state index contributed by atoms with van der Waals surface area (Å²) in [5.41, 5.74) is 1.98. The summed E-state index contributed by atoms with van der Waals surface area (Å²) >= 11 is 0. The zero-order chi connectivity index (χ0) is 18.2. The van der Waals surface area contributed by atoms with Crippen LogP contribution in [-0.4, -0.2) is 49.4 Å². The fraction of sp³-hybridized carbons (Fsp3) is 0.421. The quantitative estimate of drug-likeness (QED) is 0.704. The smallest absolute Gasteiger partial charge is 0.224 e. The Kier molecular flexibility index (Phi) is 6.24. The van der Waals surface area contributed by atoms with Crippen LogP contribution in [0.25, 0.3) is 0 Å². The van der Waals surface area contributed by atoms with Crippen LogP contribution in [-0.2, 0) is 11.2 Å². The summed E-state index contributed by atoms with van der Waals surface area (Å²) in [6.07, 6.45) is 4.55. The predicted octanol–water partition coefficient (Wildman–Crippen LogP) is 1.86. The van der Waals surface area contributed by atoms with Crippen molar-refractivity contribution < 1.29 is 9.53 Å². The van der Waals surface area contributed by atoms with E-state index >= 15 is 0 Å². The van der Waals surface area contributed by atoms with Gasteiger partial charge in [-0.1, -0.05) is 18.2 Å². The summed E-state index contributed by atoms with van der Waals surface area (Å²) in [5, 5.41) is 14.3. The number of amides is 1. The second-order valence-electron chi connectivity index (χ2n) is 6.26. The van der Waals surface area contributed by atoms with Gasteiger partial charge in [-0.05, 0) is 18.9 Å². The summed E-state index contributed by atoms with van der Waals surface area (Å²) in [7, 11) is 1.61. The van der Waals surface area contributed by atoms with E-state index < -0.39 is 0 Å². The molecule has 1 aliphatic heterocycles. The van der Waals surface area contributed by atoms with Crippen molar-refractivity contribution >= 4 is 17.4 Å².